The van der Waals surface area contributed by atoms with Gasteiger partial charge in [0.25, 0.3) is 0 Å². The van der Waals surface area contributed by atoms with Crippen molar-refractivity contribution in [1.29, 1.82) is 0 Å². The van der Waals surface area contributed by atoms with Crippen molar-refractivity contribution in [3.8, 4) is 5.75 Å². The molecule has 0 saturated heterocycles. The Morgan fingerprint density at radius 1 is 1.27 bits per heavy atom. The lowest BCUT2D eigenvalue weighted by atomic mass is 10.1. The molecule has 1 aromatic rings. The van der Waals surface area contributed by atoms with Gasteiger partial charge < -0.3 is 10.1 Å². The van der Waals surface area contributed by atoms with Gasteiger partial charge in [-0.1, -0.05) is 13.8 Å². The summed E-state index contributed by atoms with van der Waals surface area (Å²) in [4.78, 5) is 0. The normalized spacial score (nSPS) is 12.7. The second kappa shape index (κ2) is 5.01. The molecule has 15 heavy (non-hydrogen) atoms. The molecule has 3 heteroatoms. The molecule has 0 aliphatic carbocycles. The van der Waals surface area contributed by atoms with Crippen LogP contribution < -0.4 is 10.1 Å². The van der Waals surface area contributed by atoms with Crippen LogP contribution in [0.4, 0.5) is 10.1 Å². The van der Waals surface area contributed by atoms with Crippen molar-refractivity contribution in [1.82, 2.24) is 0 Å². The summed E-state index contributed by atoms with van der Waals surface area (Å²) in [7, 11) is 1.58. The second-order valence-corrected chi connectivity index (χ2v) is 4.02. The first kappa shape index (κ1) is 11.8. The number of rotatable bonds is 4. The van der Waals surface area contributed by atoms with E-state index in [0.29, 0.717) is 17.4 Å². The molecule has 0 radical (unpaired) electrons. The predicted octanol–water partition coefficient (Wildman–Crippen LogP) is 3.29. The highest BCUT2D eigenvalue weighted by molar-refractivity contribution is 5.57. The fourth-order valence-electron chi connectivity index (χ4n) is 1.20. The molecule has 0 aromatic heterocycles. The maximum absolute atomic E-state index is 13.0. The van der Waals surface area contributed by atoms with Crippen molar-refractivity contribution < 1.29 is 9.13 Å². The average molecular weight is 211 g/mol. The third-order valence-electron chi connectivity index (χ3n) is 2.54. The van der Waals surface area contributed by atoms with Crippen molar-refractivity contribution in [2.75, 3.05) is 12.4 Å². The van der Waals surface area contributed by atoms with E-state index in [1.54, 1.807) is 13.2 Å². The fraction of sp³-hybridized carbons (Fsp3) is 0.500. The largest absolute Gasteiger partial charge is 0.495 e. The zero-order valence-corrected chi connectivity index (χ0v) is 9.67. The topological polar surface area (TPSA) is 21.3 Å². The first-order chi connectivity index (χ1) is 7.04. The molecule has 0 saturated carbocycles. The van der Waals surface area contributed by atoms with Crippen LogP contribution in [0, 0.1) is 11.7 Å². The molecular weight excluding hydrogens is 193 g/mol. The maximum Gasteiger partial charge on any atom is 0.142 e. The summed E-state index contributed by atoms with van der Waals surface area (Å²) in [5, 5.41) is 3.24. The zero-order chi connectivity index (χ0) is 11.4. The van der Waals surface area contributed by atoms with Crippen LogP contribution in [0.3, 0.4) is 0 Å². The molecule has 0 aliphatic heterocycles. The molecular formula is C12H18FNO. The molecule has 1 unspecified atom stereocenters. The van der Waals surface area contributed by atoms with Crippen molar-refractivity contribution in [2.24, 2.45) is 5.92 Å². The number of hydrogen-bond acceptors (Lipinski definition) is 2. The molecule has 0 bridgehead atoms. The van der Waals surface area contributed by atoms with Crippen LogP contribution in [-0.2, 0) is 0 Å². The van der Waals surface area contributed by atoms with E-state index in [1.165, 1.54) is 12.1 Å². The molecule has 1 atom stereocenters. The predicted molar refractivity (Wildman–Crippen MR) is 60.9 cm³/mol. The quantitative estimate of drug-likeness (QED) is 0.825. The molecule has 84 valence electrons. The highest BCUT2D eigenvalue weighted by Gasteiger charge is 2.10. The van der Waals surface area contributed by atoms with Gasteiger partial charge in [0, 0.05) is 12.1 Å². The van der Waals surface area contributed by atoms with Crippen LogP contribution in [0.2, 0.25) is 0 Å². The van der Waals surface area contributed by atoms with Gasteiger partial charge in [0.2, 0.25) is 0 Å². The van der Waals surface area contributed by atoms with Crippen LogP contribution >= 0.6 is 0 Å². The summed E-state index contributed by atoms with van der Waals surface area (Å²) in [6.45, 7) is 6.29. The summed E-state index contributed by atoms with van der Waals surface area (Å²) in [5.74, 6) is 0.899. The number of hydrogen-bond donors (Lipinski definition) is 1. The van der Waals surface area contributed by atoms with Gasteiger partial charge in [0.15, 0.2) is 0 Å². The van der Waals surface area contributed by atoms with Gasteiger partial charge in [-0.05, 0) is 25.0 Å². The average Bonchev–Trinajstić information content (AvgIpc) is 2.18. The molecule has 0 fully saturated rings. The molecule has 0 amide bonds. The van der Waals surface area contributed by atoms with Crippen LogP contribution in [0.15, 0.2) is 18.2 Å². The molecule has 1 rings (SSSR count). The fourth-order valence-corrected chi connectivity index (χ4v) is 1.20. The number of anilines is 1. The molecule has 0 aliphatic rings. The van der Waals surface area contributed by atoms with Gasteiger partial charge in [-0.25, -0.2) is 4.39 Å². The molecule has 1 aromatic carbocycles. The lowest BCUT2D eigenvalue weighted by Gasteiger charge is -2.20. The van der Waals surface area contributed by atoms with Crippen LogP contribution in [0.1, 0.15) is 20.8 Å². The Labute approximate surface area is 90.4 Å². The zero-order valence-electron chi connectivity index (χ0n) is 9.67. The Kier molecular flexibility index (Phi) is 3.95. The number of benzene rings is 1. The third-order valence-corrected chi connectivity index (χ3v) is 2.54. The minimum Gasteiger partial charge on any atom is -0.495 e. The minimum atomic E-state index is -0.255. The molecule has 2 nitrogen and oxygen atoms in total. The van der Waals surface area contributed by atoms with Gasteiger partial charge in [-0.15, -0.1) is 0 Å². The van der Waals surface area contributed by atoms with E-state index in [1.807, 2.05) is 0 Å². The number of halogens is 1. The van der Waals surface area contributed by atoms with E-state index in [0.717, 1.165) is 0 Å². The van der Waals surface area contributed by atoms with Gasteiger partial charge in [0.05, 0.1) is 12.8 Å². The van der Waals surface area contributed by atoms with Gasteiger partial charge in [-0.2, -0.15) is 0 Å². The van der Waals surface area contributed by atoms with Crippen molar-refractivity contribution in [2.45, 2.75) is 26.8 Å². The van der Waals surface area contributed by atoms with E-state index in [4.69, 9.17) is 4.74 Å². The summed E-state index contributed by atoms with van der Waals surface area (Å²) in [6, 6.07) is 4.76. The van der Waals surface area contributed by atoms with Crippen molar-refractivity contribution in [3.05, 3.63) is 24.0 Å². The van der Waals surface area contributed by atoms with E-state index >= 15 is 0 Å². The van der Waals surface area contributed by atoms with E-state index in [9.17, 15) is 4.39 Å². The van der Waals surface area contributed by atoms with E-state index < -0.39 is 0 Å². The number of nitrogens with one attached hydrogen (secondary N) is 1. The summed E-state index contributed by atoms with van der Waals surface area (Å²) in [5.41, 5.74) is 0.707. The van der Waals surface area contributed by atoms with E-state index in [-0.39, 0.29) is 11.9 Å². The SMILES string of the molecule is COc1ccc(F)cc1NC(C)C(C)C. The number of methoxy groups -OCH3 is 1. The van der Waals surface area contributed by atoms with Crippen LogP contribution in [0.25, 0.3) is 0 Å². The Hall–Kier alpha value is -1.25. The third kappa shape index (κ3) is 3.11. The van der Waals surface area contributed by atoms with E-state index in [2.05, 4.69) is 26.1 Å². The Morgan fingerprint density at radius 3 is 2.47 bits per heavy atom. The highest BCUT2D eigenvalue weighted by Crippen LogP contribution is 2.26. The van der Waals surface area contributed by atoms with Gasteiger partial charge in [0.1, 0.15) is 11.6 Å². The summed E-state index contributed by atoms with van der Waals surface area (Å²) in [6.07, 6.45) is 0. The summed E-state index contributed by atoms with van der Waals surface area (Å²) >= 11 is 0. The first-order valence-corrected chi connectivity index (χ1v) is 5.14. The Morgan fingerprint density at radius 2 is 1.93 bits per heavy atom. The molecule has 0 spiro atoms. The Balaban J connectivity index is 2.87. The second-order valence-electron chi connectivity index (χ2n) is 4.02. The molecule has 0 heterocycles. The van der Waals surface area contributed by atoms with Crippen LogP contribution in [-0.4, -0.2) is 13.2 Å². The number of ether oxygens (including phenoxy) is 1. The van der Waals surface area contributed by atoms with Crippen molar-refractivity contribution in [3.63, 3.8) is 0 Å². The minimum absolute atomic E-state index is 0.255. The maximum atomic E-state index is 13.0. The monoisotopic (exact) mass is 211 g/mol. The lowest BCUT2D eigenvalue weighted by molar-refractivity contribution is 0.414. The standard InChI is InChI=1S/C12H18FNO/c1-8(2)9(3)14-11-7-10(13)5-6-12(11)15-4/h5-9,14H,1-4H3. The Bertz CT molecular complexity index is 325. The van der Waals surface area contributed by atoms with Crippen molar-refractivity contribution >= 4 is 5.69 Å². The summed E-state index contributed by atoms with van der Waals surface area (Å²) < 4.78 is 18.2. The first-order valence-electron chi connectivity index (χ1n) is 5.14. The van der Waals surface area contributed by atoms with Gasteiger partial charge in [-0.3, -0.25) is 0 Å². The van der Waals surface area contributed by atoms with Gasteiger partial charge >= 0.3 is 0 Å². The highest BCUT2D eigenvalue weighted by atomic mass is 19.1. The lowest BCUT2D eigenvalue weighted by Crippen LogP contribution is -2.21. The smallest absolute Gasteiger partial charge is 0.142 e. The molecule has 1 N–H and O–H groups in total. The van der Waals surface area contributed by atoms with Crippen LogP contribution in [0.5, 0.6) is 5.75 Å².